The second-order valence-corrected chi connectivity index (χ2v) is 8.02. The summed E-state index contributed by atoms with van der Waals surface area (Å²) in [4.78, 5) is 21.6. The highest BCUT2D eigenvalue weighted by Gasteiger charge is 2.24. The molecule has 0 radical (unpaired) electrons. The number of ether oxygens (including phenoxy) is 1. The molecule has 0 aliphatic carbocycles. The van der Waals surface area contributed by atoms with Gasteiger partial charge in [0.1, 0.15) is 11.3 Å². The Hall–Kier alpha value is -4.08. The number of benzene rings is 1. The van der Waals surface area contributed by atoms with Gasteiger partial charge in [-0.25, -0.2) is 4.52 Å². The number of nitrogens with one attached hydrogen (secondary N) is 2. The summed E-state index contributed by atoms with van der Waals surface area (Å²) in [7, 11) is 1.63. The summed E-state index contributed by atoms with van der Waals surface area (Å²) in [6.07, 6.45) is 2.22. The van der Waals surface area contributed by atoms with E-state index in [0.717, 1.165) is 22.5 Å². The van der Waals surface area contributed by atoms with E-state index in [1.54, 1.807) is 7.11 Å². The van der Waals surface area contributed by atoms with Gasteiger partial charge in [-0.1, -0.05) is 18.2 Å². The van der Waals surface area contributed by atoms with Crippen LogP contribution >= 0.6 is 0 Å². The second kappa shape index (κ2) is 8.81. The van der Waals surface area contributed by atoms with Crippen LogP contribution in [-0.2, 0) is 11.2 Å². The molecule has 10 heteroatoms. The van der Waals surface area contributed by atoms with Crippen LogP contribution in [0.4, 0.5) is 17.6 Å². The van der Waals surface area contributed by atoms with Crippen molar-refractivity contribution in [2.45, 2.75) is 13.3 Å². The first-order chi connectivity index (χ1) is 16.1. The van der Waals surface area contributed by atoms with Gasteiger partial charge in [-0.3, -0.25) is 9.89 Å². The maximum atomic E-state index is 12.9. The third-order valence-corrected chi connectivity index (χ3v) is 5.78. The molecule has 1 aliphatic rings. The molecular formula is C23H26N8O2. The molecule has 1 fully saturated rings. The number of fused-ring (bicyclic) bond motifs is 1. The highest BCUT2D eigenvalue weighted by molar-refractivity contribution is 5.80. The average Bonchev–Trinajstić information content (AvgIpc) is 3.48. The Bertz CT molecular complexity index is 1270. The van der Waals surface area contributed by atoms with Crippen LogP contribution in [0.15, 0.2) is 48.7 Å². The summed E-state index contributed by atoms with van der Waals surface area (Å²) >= 11 is 0. The van der Waals surface area contributed by atoms with E-state index in [1.807, 2.05) is 65.0 Å². The summed E-state index contributed by atoms with van der Waals surface area (Å²) in [6, 6.07) is 13.5. The van der Waals surface area contributed by atoms with Crippen LogP contribution in [0.2, 0.25) is 0 Å². The lowest BCUT2D eigenvalue weighted by atomic mass is 10.1. The van der Waals surface area contributed by atoms with Crippen molar-refractivity contribution in [1.29, 1.82) is 0 Å². The number of aromatic amines is 1. The van der Waals surface area contributed by atoms with Crippen LogP contribution in [-0.4, -0.2) is 68.9 Å². The van der Waals surface area contributed by atoms with Gasteiger partial charge in [-0.2, -0.15) is 10.1 Å². The molecule has 0 spiro atoms. The van der Waals surface area contributed by atoms with Crippen molar-refractivity contribution in [3.05, 3.63) is 59.9 Å². The maximum absolute atomic E-state index is 12.9. The minimum atomic E-state index is 0.0946. The molecule has 170 valence electrons. The number of anilines is 3. The quantitative estimate of drug-likeness (QED) is 0.469. The number of rotatable bonds is 6. The normalized spacial score (nSPS) is 14.0. The summed E-state index contributed by atoms with van der Waals surface area (Å²) in [5.74, 6) is 2.84. The van der Waals surface area contributed by atoms with Crippen LogP contribution in [0, 0.1) is 6.92 Å². The minimum Gasteiger partial charge on any atom is -0.496 e. The Morgan fingerprint density at radius 3 is 2.73 bits per heavy atom. The van der Waals surface area contributed by atoms with Crippen LogP contribution in [0.5, 0.6) is 5.75 Å². The number of nitrogens with zero attached hydrogens (tertiary/aromatic N) is 6. The Kier molecular flexibility index (Phi) is 5.55. The number of piperazine rings is 1. The SMILES string of the molecule is COc1ccccc1CC(=O)N1CCN(c2nc(Nc3cc(C)[nH]n3)c3cccn3n2)CC1. The van der Waals surface area contributed by atoms with Crippen LogP contribution in [0.3, 0.4) is 0 Å². The molecule has 1 aliphatic heterocycles. The fraction of sp³-hybridized carbons (Fsp3) is 0.304. The van der Waals surface area contributed by atoms with Gasteiger partial charge >= 0.3 is 0 Å². The first-order valence-electron chi connectivity index (χ1n) is 10.9. The molecule has 0 atom stereocenters. The number of hydrogen-bond acceptors (Lipinski definition) is 7. The zero-order valence-electron chi connectivity index (χ0n) is 18.7. The van der Waals surface area contributed by atoms with E-state index in [2.05, 4.69) is 25.5 Å². The van der Waals surface area contributed by atoms with Gasteiger partial charge in [0.05, 0.1) is 13.5 Å². The number of amides is 1. The molecule has 5 rings (SSSR count). The Labute approximate surface area is 191 Å². The second-order valence-electron chi connectivity index (χ2n) is 8.02. The molecule has 4 aromatic rings. The predicted molar refractivity (Wildman–Crippen MR) is 125 cm³/mol. The number of para-hydroxylation sites is 1. The summed E-state index contributed by atoms with van der Waals surface area (Å²) in [5.41, 5.74) is 2.73. The topological polar surface area (TPSA) is 104 Å². The van der Waals surface area contributed by atoms with Crippen molar-refractivity contribution in [3.8, 4) is 5.75 Å². The number of carbonyl (C=O) groups excluding carboxylic acids is 1. The van der Waals surface area contributed by atoms with Crippen LogP contribution in [0.25, 0.3) is 5.52 Å². The van der Waals surface area contributed by atoms with Gasteiger partial charge < -0.3 is 19.9 Å². The van der Waals surface area contributed by atoms with E-state index in [-0.39, 0.29) is 5.91 Å². The third kappa shape index (κ3) is 4.32. The zero-order valence-corrected chi connectivity index (χ0v) is 18.7. The van der Waals surface area contributed by atoms with Gasteiger partial charge in [0.25, 0.3) is 0 Å². The molecule has 33 heavy (non-hydrogen) atoms. The Morgan fingerprint density at radius 1 is 1.15 bits per heavy atom. The molecule has 4 heterocycles. The Balaban J connectivity index is 1.28. The monoisotopic (exact) mass is 446 g/mol. The molecule has 1 saturated heterocycles. The third-order valence-electron chi connectivity index (χ3n) is 5.78. The van der Waals surface area contributed by atoms with Crippen molar-refractivity contribution < 1.29 is 9.53 Å². The van der Waals surface area contributed by atoms with Gasteiger partial charge in [-0.15, -0.1) is 5.10 Å². The van der Waals surface area contributed by atoms with Crippen molar-refractivity contribution in [1.82, 2.24) is 29.7 Å². The average molecular weight is 447 g/mol. The van der Waals surface area contributed by atoms with Gasteiger partial charge in [0, 0.05) is 49.7 Å². The molecule has 1 aromatic carbocycles. The van der Waals surface area contributed by atoms with E-state index < -0.39 is 0 Å². The van der Waals surface area contributed by atoms with E-state index in [9.17, 15) is 4.79 Å². The van der Waals surface area contributed by atoms with E-state index in [1.165, 1.54) is 0 Å². The minimum absolute atomic E-state index is 0.0946. The highest BCUT2D eigenvalue weighted by atomic mass is 16.5. The number of methoxy groups -OCH3 is 1. The number of aryl methyl sites for hydroxylation is 1. The number of aromatic nitrogens is 5. The van der Waals surface area contributed by atoms with E-state index >= 15 is 0 Å². The van der Waals surface area contributed by atoms with Crippen molar-refractivity contribution >= 4 is 29.0 Å². The predicted octanol–water partition coefficient (Wildman–Crippen LogP) is 2.40. The summed E-state index contributed by atoms with van der Waals surface area (Å²) in [5, 5.41) is 15.1. The summed E-state index contributed by atoms with van der Waals surface area (Å²) < 4.78 is 7.19. The fourth-order valence-electron chi connectivity index (χ4n) is 4.03. The van der Waals surface area contributed by atoms with E-state index in [4.69, 9.17) is 9.72 Å². The van der Waals surface area contributed by atoms with Gasteiger partial charge in [-0.05, 0) is 25.1 Å². The molecular weight excluding hydrogens is 420 g/mol. The molecule has 10 nitrogen and oxygen atoms in total. The zero-order chi connectivity index (χ0) is 22.8. The first-order valence-corrected chi connectivity index (χ1v) is 10.9. The lowest BCUT2D eigenvalue weighted by Gasteiger charge is -2.35. The molecule has 0 unspecified atom stereocenters. The van der Waals surface area contributed by atoms with Crippen molar-refractivity contribution in [3.63, 3.8) is 0 Å². The van der Waals surface area contributed by atoms with E-state index in [0.29, 0.717) is 50.2 Å². The van der Waals surface area contributed by atoms with Crippen molar-refractivity contribution in [2.24, 2.45) is 0 Å². The van der Waals surface area contributed by atoms with Crippen LogP contribution in [0.1, 0.15) is 11.3 Å². The number of H-pyrrole nitrogens is 1. The lowest BCUT2D eigenvalue weighted by molar-refractivity contribution is -0.130. The Morgan fingerprint density at radius 2 is 1.97 bits per heavy atom. The fourth-order valence-corrected chi connectivity index (χ4v) is 4.03. The highest BCUT2D eigenvalue weighted by Crippen LogP contribution is 2.23. The van der Waals surface area contributed by atoms with Gasteiger partial charge in [0.15, 0.2) is 11.6 Å². The largest absolute Gasteiger partial charge is 0.496 e. The lowest BCUT2D eigenvalue weighted by Crippen LogP contribution is -2.49. The smallest absolute Gasteiger partial charge is 0.245 e. The molecule has 1 amide bonds. The molecule has 0 saturated carbocycles. The number of hydrogen-bond donors (Lipinski definition) is 2. The van der Waals surface area contributed by atoms with Crippen LogP contribution < -0.4 is 15.0 Å². The number of carbonyl (C=O) groups is 1. The summed E-state index contributed by atoms with van der Waals surface area (Å²) in [6.45, 7) is 4.49. The standard InChI is InChI=1S/C23H26N8O2/c1-16-14-20(27-26-16)24-22-18-7-5-9-31(18)28-23(25-22)30-12-10-29(11-13-30)21(32)15-17-6-3-4-8-19(17)33-2/h3-9,14H,10-13,15H2,1-2H3,(H2,24,25,26,27,28). The molecule has 0 bridgehead atoms. The van der Waals surface area contributed by atoms with Gasteiger partial charge in [0.2, 0.25) is 11.9 Å². The first kappa shape index (κ1) is 20.8. The van der Waals surface area contributed by atoms with Crippen molar-refractivity contribution in [2.75, 3.05) is 43.5 Å². The molecule has 3 aromatic heterocycles. The maximum Gasteiger partial charge on any atom is 0.245 e. The molecule has 2 N–H and O–H groups in total.